The van der Waals surface area contributed by atoms with E-state index in [1.807, 2.05) is 36.1 Å². The molecule has 0 saturated carbocycles. The third-order valence-corrected chi connectivity index (χ3v) is 4.71. The second kappa shape index (κ2) is 7.18. The van der Waals surface area contributed by atoms with Crippen molar-refractivity contribution in [1.29, 1.82) is 0 Å². The predicted octanol–water partition coefficient (Wildman–Crippen LogP) is 2.66. The molecular formula is C16H24N2O2S. The number of thioether (sulfide) groups is 1. The standard InChI is InChI=1S/C16H24N2O2S/c1-5-14-16(19)18(11(2)10-21-4)15(17-14)12-7-6-8-13(9-12)20-3/h6-9,11,14-15,17H,5,10H2,1-4H3. The van der Waals surface area contributed by atoms with Gasteiger partial charge in [0.2, 0.25) is 5.91 Å². The molecule has 1 saturated heterocycles. The Morgan fingerprint density at radius 3 is 2.86 bits per heavy atom. The zero-order chi connectivity index (χ0) is 15.4. The second-order valence-electron chi connectivity index (χ2n) is 5.36. The van der Waals surface area contributed by atoms with Crippen molar-refractivity contribution in [1.82, 2.24) is 10.2 Å². The number of methoxy groups -OCH3 is 1. The molecule has 3 atom stereocenters. The quantitative estimate of drug-likeness (QED) is 0.877. The minimum absolute atomic E-state index is 0.0697. The van der Waals surface area contributed by atoms with Crippen LogP contribution in [0.3, 0.4) is 0 Å². The van der Waals surface area contributed by atoms with Gasteiger partial charge in [-0.2, -0.15) is 11.8 Å². The topological polar surface area (TPSA) is 41.6 Å². The van der Waals surface area contributed by atoms with E-state index < -0.39 is 0 Å². The maximum atomic E-state index is 12.6. The molecule has 1 aromatic rings. The average Bonchev–Trinajstić information content (AvgIpc) is 2.84. The van der Waals surface area contributed by atoms with Crippen molar-refractivity contribution in [3.63, 3.8) is 0 Å². The summed E-state index contributed by atoms with van der Waals surface area (Å²) in [5.74, 6) is 1.95. The Labute approximate surface area is 131 Å². The summed E-state index contributed by atoms with van der Waals surface area (Å²) in [6.07, 6.45) is 2.81. The monoisotopic (exact) mass is 308 g/mol. The van der Waals surface area contributed by atoms with Gasteiger partial charge in [-0.3, -0.25) is 10.1 Å². The smallest absolute Gasteiger partial charge is 0.241 e. The number of amides is 1. The average molecular weight is 308 g/mol. The molecular weight excluding hydrogens is 284 g/mol. The van der Waals surface area contributed by atoms with Gasteiger partial charge in [0.05, 0.1) is 13.2 Å². The van der Waals surface area contributed by atoms with E-state index in [1.165, 1.54) is 0 Å². The van der Waals surface area contributed by atoms with Gasteiger partial charge in [0.25, 0.3) is 0 Å². The molecule has 3 unspecified atom stereocenters. The van der Waals surface area contributed by atoms with Gasteiger partial charge in [-0.25, -0.2) is 0 Å². The highest BCUT2D eigenvalue weighted by atomic mass is 32.2. The van der Waals surface area contributed by atoms with Crippen molar-refractivity contribution >= 4 is 17.7 Å². The number of nitrogens with one attached hydrogen (secondary N) is 1. The molecule has 1 amide bonds. The van der Waals surface area contributed by atoms with E-state index in [1.54, 1.807) is 18.9 Å². The SMILES string of the molecule is CCC1NC(c2cccc(OC)c2)N(C(C)CSC)C1=O. The molecule has 1 aliphatic heterocycles. The molecule has 0 spiro atoms. The van der Waals surface area contributed by atoms with Gasteiger partial charge in [0, 0.05) is 11.8 Å². The molecule has 1 heterocycles. The van der Waals surface area contributed by atoms with Gasteiger partial charge in [-0.15, -0.1) is 0 Å². The van der Waals surface area contributed by atoms with Crippen molar-refractivity contribution in [3.05, 3.63) is 29.8 Å². The zero-order valence-corrected chi connectivity index (χ0v) is 13.9. The normalized spacial score (nSPS) is 23.4. The molecule has 0 bridgehead atoms. The number of carbonyl (C=O) groups excluding carboxylic acids is 1. The lowest BCUT2D eigenvalue weighted by molar-refractivity contribution is -0.131. The maximum Gasteiger partial charge on any atom is 0.241 e. The van der Waals surface area contributed by atoms with Crippen LogP contribution in [0.15, 0.2) is 24.3 Å². The van der Waals surface area contributed by atoms with Crippen LogP contribution in [0, 0.1) is 0 Å². The van der Waals surface area contributed by atoms with E-state index in [0.717, 1.165) is 23.5 Å². The fraction of sp³-hybridized carbons (Fsp3) is 0.562. The maximum absolute atomic E-state index is 12.6. The number of rotatable bonds is 6. The molecule has 2 rings (SSSR count). The van der Waals surface area contributed by atoms with Crippen LogP contribution in [0.4, 0.5) is 0 Å². The molecule has 4 nitrogen and oxygen atoms in total. The van der Waals surface area contributed by atoms with Crippen molar-refractivity contribution in [3.8, 4) is 5.75 Å². The van der Waals surface area contributed by atoms with E-state index in [9.17, 15) is 4.79 Å². The first-order valence-corrected chi connectivity index (χ1v) is 8.72. The summed E-state index contributed by atoms with van der Waals surface area (Å²) in [7, 11) is 1.66. The molecule has 0 aromatic heterocycles. The first-order valence-electron chi connectivity index (χ1n) is 7.33. The van der Waals surface area contributed by atoms with Gasteiger partial charge >= 0.3 is 0 Å². The Bertz CT molecular complexity index is 495. The number of hydrogen-bond donors (Lipinski definition) is 1. The molecule has 21 heavy (non-hydrogen) atoms. The molecule has 5 heteroatoms. The van der Waals surface area contributed by atoms with Gasteiger partial charge in [0.1, 0.15) is 11.9 Å². The van der Waals surface area contributed by atoms with Crippen LogP contribution in [0.25, 0.3) is 0 Å². The van der Waals surface area contributed by atoms with E-state index in [-0.39, 0.29) is 24.2 Å². The Morgan fingerprint density at radius 2 is 2.24 bits per heavy atom. The van der Waals surface area contributed by atoms with Crippen molar-refractivity contribution in [2.24, 2.45) is 0 Å². The number of carbonyl (C=O) groups is 1. The first-order chi connectivity index (χ1) is 10.1. The van der Waals surface area contributed by atoms with Crippen LogP contribution in [0.2, 0.25) is 0 Å². The Hall–Kier alpha value is -1.20. The fourth-order valence-corrected chi connectivity index (χ4v) is 3.45. The minimum Gasteiger partial charge on any atom is -0.497 e. The molecule has 1 aliphatic rings. The van der Waals surface area contributed by atoms with Crippen LogP contribution >= 0.6 is 11.8 Å². The summed E-state index contributed by atoms with van der Waals surface area (Å²) in [6.45, 7) is 4.15. The highest BCUT2D eigenvalue weighted by Crippen LogP contribution is 2.31. The summed E-state index contributed by atoms with van der Waals surface area (Å²) >= 11 is 1.77. The highest BCUT2D eigenvalue weighted by molar-refractivity contribution is 7.98. The van der Waals surface area contributed by atoms with Crippen molar-refractivity contribution in [2.75, 3.05) is 19.1 Å². The number of benzene rings is 1. The van der Waals surface area contributed by atoms with E-state index in [0.29, 0.717) is 0 Å². The molecule has 116 valence electrons. The second-order valence-corrected chi connectivity index (χ2v) is 6.27. The molecule has 0 radical (unpaired) electrons. The third-order valence-electron chi connectivity index (χ3n) is 3.89. The molecule has 1 fully saturated rings. The zero-order valence-electron chi connectivity index (χ0n) is 13.1. The fourth-order valence-electron chi connectivity index (χ4n) is 2.80. The highest BCUT2D eigenvalue weighted by Gasteiger charge is 2.40. The van der Waals surface area contributed by atoms with Crippen molar-refractivity contribution in [2.45, 2.75) is 38.5 Å². The van der Waals surface area contributed by atoms with Gasteiger partial charge in [-0.05, 0) is 37.3 Å². The summed E-state index contributed by atoms with van der Waals surface area (Å²) in [4.78, 5) is 14.6. The number of nitrogens with zero attached hydrogens (tertiary/aromatic N) is 1. The van der Waals surface area contributed by atoms with Crippen LogP contribution in [0.5, 0.6) is 5.75 Å². The minimum atomic E-state index is -0.0921. The van der Waals surface area contributed by atoms with Crippen LogP contribution < -0.4 is 10.1 Å². The summed E-state index contributed by atoms with van der Waals surface area (Å²) in [6, 6.07) is 8.05. The van der Waals surface area contributed by atoms with Crippen LogP contribution in [0.1, 0.15) is 32.0 Å². The Kier molecular flexibility index (Phi) is 5.53. The van der Waals surface area contributed by atoms with Gasteiger partial charge < -0.3 is 9.64 Å². The summed E-state index contributed by atoms with van der Waals surface area (Å²) in [5, 5.41) is 3.46. The van der Waals surface area contributed by atoms with E-state index >= 15 is 0 Å². The number of hydrogen-bond acceptors (Lipinski definition) is 4. The summed E-state index contributed by atoms with van der Waals surface area (Å²) < 4.78 is 5.30. The molecule has 1 aromatic carbocycles. The summed E-state index contributed by atoms with van der Waals surface area (Å²) in [5.41, 5.74) is 1.08. The largest absolute Gasteiger partial charge is 0.497 e. The number of ether oxygens (including phenoxy) is 1. The van der Waals surface area contributed by atoms with Gasteiger partial charge in [0.15, 0.2) is 0 Å². The first kappa shape index (κ1) is 16.2. The Balaban J connectivity index is 2.31. The van der Waals surface area contributed by atoms with Gasteiger partial charge in [-0.1, -0.05) is 19.1 Å². The predicted molar refractivity (Wildman–Crippen MR) is 87.6 cm³/mol. The van der Waals surface area contributed by atoms with E-state index in [2.05, 4.69) is 18.5 Å². The lowest BCUT2D eigenvalue weighted by Crippen LogP contribution is -2.39. The van der Waals surface area contributed by atoms with Crippen LogP contribution in [-0.4, -0.2) is 42.0 Å². The van der Waals surface area contributed by atoms with Crippen LogP contribution in [-0.2, 0) is 4.79 Å². The molecule has 1 N–H and O–H groups in total. The van der Waals surface area contributed by atoms with Crippen molar-refractivity contribution < 1.29 is 9.53 Å². The third kappa shape index (κ3) is 3.35. The lowest BCUT2D eigenvalue weighted by atomic mass is 10.1. The lowest BCUT2D eigenvalue weighted by Gasteiger charge is -2.30. The Morgan fingerprint density at radius 1 is 1.48 bits per heavy atom. The van der Waals surface area contributed by atoms with E-state index in [4.69, 9.17) is 4.74 Å². The molecule has 0 aliphatic carbocycles.